The highest BCUT2D eigenvalue weighted by atomic mass is 16.2. The number of nitrogens with one attached hydrogen (secondary N) is 1. The molecule has 5 nitrogen and oxygen atoms in total. The third-order valence-electron chi connectivity index (χ3n) is 6.85. The summed E-state index contributed by atoms with van der Waals surface area (Å²) in [7, 11) is 0. The molecule has 0 unspecified atom stereocenters. The first-order valence-corrected chi connectivity index (χ1v) is 10.1. The molecule has 0 saturated heterocycles. The van der Waals surface area contributed by atoms with Crippen molar-refractivity contribution in [1.82, 2.24) is 5.32 Å². The highest BCUT2D eigenvalue weighted by Gasteiger charge is 2.51. The lowest BCUT2D eigenvalue weighted by Crippen LogP contribution is -2.47. The van der Waals surface area contributed by atoms with E-state index < -0.39 is 11.7 Å². The normalized spacial score (nSPS) is 30.9. The number of carbonyl (C=O) groups excluding carboxylic acids is 3. The maximum absolute atomic E-state index is 12.6. The standard InChI is InChI=1S/C22H28N2O3/c23-21(27)19(25)8-14-1-3-15(4-2-14)13-24-20(26)12-22-9-16-5-17(10-22)7-18(6-16)11-22/h1-4,16-18H,5-13H2,(H2,23,27)(H,24,26). The van der Waals surface area contributed by atoms with Gasteiger partial charge in [0, 0.05) is 19.4 Å². The van der Waals surface area contributed by atoms with Crippen LogP contribution in [-0.4, -0.2) is 17.6 Å². The van der Waals surface area contributed by atoms with Gasteiger partial charge in [-0.05, 0) is 72.8 Å². The lowest BCUT2D eigenvalue weighted by atomic mass is 9.49. The Labute approximate surface area is 160 Å². The molecular formula is C22H28N2O3. The molecule has 5 rings (SSSR count). The van der Waals surface area contributed by atoms with Gasteiger partial charge in [-0.25, -0.2) is 0 Å². The van der Waals surface area contributed by atoms with Crippen LogP contribution in [-0.2, 0) is 27.3 Å². The molecule has 4 aliphatic rings. The summed E-state index contributed by atoms with van der Waals surface area (Å²) in [6.45, 7) is 0.495. The van der Waals surface area contributed by atoms with E-state index in [2.05, 4.69) is 5.32 Å². The number of nitrogens with two attached hydrogens (primary N) is 1. The minimum absolute atomic E-state index is 0.0218. The molecule has 0 spiro atoms. The van der Waals surface area contributed by atoms with Gasteiger partial charge in [0.1, 0.15) is 0 Å². The van der Waals surface area contributed by atoms with Crippen molar-refractivity contribution < 1.29 is 14.4 Å². The fourth-order valence-electron chi connectivity index (χ4n) is 6.16. The zero-order valence-corrected chi connectivity index (χ0v) is 15.7. The molecule has 0 atom stereocenters. The summed E-state index contributed by atoms with van der Waals surface area (Å²) in [4.78, 5) is 34.8. The topological polar surface area (TPSA) is 89.3 Å². The molecular weight excluding hydrogens is 340 g/mol. The Morgan fingerprint density at radius 2 is 1.44 bits per heavy atom. The first-order valence-electron chi connectivity index (χ1n) is 10.1. The summed E-state index contributed by atoms with van der Waals surface area (Å²) in [6.07, 6.45) is 8.61. The molecule has 4 saturated carbocycles. The predicted octanol–water partition coefficient (Wildman–Crippen LogP) is 2.51. The predicted molar refractivity (Wildman–Crippen MR) is 101 cm³/mol. The van der Waals surface area contributed by atoms with Gasteiger partial charge in [0.25, 0.3) is 5.91 Å². The molecule has 144 valence electrons. The fraction of sp³-hybridized carbons (Fsp3) is 0.591. The summed E-state index contributed by atoms with van der Waals surface area (Å²) >= 11 is 0. The van der Waals surface area contributed by atoms with Crippen LogP contribution in [0, 0.1) is 23.2 Å². The first-order chi connectivity index (χ1) is 12.9. The molecule has 1 aromatic carbocycles. The van der Waals surface area contributed by atoms with E-state index in [0.29, 0.717) is 13.0 Å². The average Bonchev–Trinajstić information content (AvgIpc) is 2.59. The van der Waals surface area contributed by atoms with Crippen LogP contribution in [0.4, 0.5) is 0 Å². The van der Waals surface area contributed by atoms with E-state index >= 15 is 0 Å². The second-order valence-corrected chi connectivity index (χ2v) is 9.15. The van der Waals surface area contributed by atoms with Crippen LogP contribution in [0.25, 0.3) is 0 Å². The maximum atomic E-state index is 12.6. The van der Waals surface area contributed by atoms with Gasteiger partial charge in [0.15, 0.2) is 0 Å². The minimum atomic E-state index is -0.906. The SMILES string of the molecule is NC(=O)C(=O)Cc1ccc(CNC(=O)CC23CC4CC(CC(C4)C2)C3)cc1. The van der Waals surface area contributed by atoms with Crippen LogP contribution in [0.15, 0.2) is 24.3 Å². The second kappa shape index (κ2) is 7.10. The minimum Gasteiger partial charge on any atom is -0.363 e. The molecule has 4 fully saturated rings. The molecule has 3 N–H and O–H groups in total. The maximum Gasteiger partial charge on any atom is 0.285 e. The molecule has 0 heterocycles. The van der Waals surface area contributed by atoms with E-state index in [-0.39, 0.29) is 17.7 Å². The quantitative estimate of drug-likeness (QED) is 0.725. The molecule has 27 heavy (non-hydrogen) atoms. The summed E-state index contributed by atoms with van der Waals surface area (Å²) in [5.74, 6) is 1.24. The number of ketones is 1. The lowest BCUT2D eigenvalue weighted by molar-refractivity contribution is -0.135. The van der Waals surface area contributed by atoms with Crippen molar-refractivity contribution >= 4 is 17.6 Å². The molecule has 0 radical (unpaired) electrons. The van der Waals surface area contributed by atoms with Gasteiger partial charge in [-0.3, -0.25) is 14.4 Å². The zero-order valence-electron chi connectivity index (χ0n) is 15.7. The zero-order chi connectivity index (χ0) is 19.0. The molecule has 0 aliphatic heterocycles. The van der Waals surface area contributed by atoms with Gasteiger partial charge in [-0.1, -0.05) is 24.3 Å². The first kappa shape index (κ1) is 18.2. The van der Waals surface area contributed by atoms with Crippen LogP contribution >= 0.6 is 0 Å². The monoisotopic (exact) mass is 368 g/mol. The Balaban J connectivity index is 1.28. The molecule has 1 aromatic rings. The van der Waals surface area contributed by atoms with Crippen molar-refractivity contribution in [3.8, 4) is 0 Å². The van der Waals surface area contributed by atoms with Gasteiger partial charge >= 0.3 is 0 Å². The molecule has 0 aromatic heterocycles. The van der Waals surface area contributed by atoms with Crippen molar-refractivity contribution in [2.45, 2.75) is 57.9 Å². The second-order valence-electron chi connectivity index (χ2n) is 9.15. The van der Waals surface area contributed by atoms with Gasteiger partial charge in [-0.2, -0.15) is 0 Å². The van der Waals surface area contributed by atoms with Crippen LogP contribution in [0.3, 0.4) is 0 Å². The summed E-state index contributed by atoms with van der Waals surface area (Å²) < 4.78 is 0. The van der Waals surface area contributed by atoms with E-state index in [1.807, 2.05) is 12.1 Å². The largest absolute Gasteiger partial charge is 0.363 e. The molecule has 4 bridgehead atoms. The summed E-state index contributed by atoms with van der Waals surface area (Å²) in [5.41, 5.74) is 6.99. The van der Waals surface area contributed by atoms with Crippen molar-refractivity contribution in [2.24, 2.45) is 28.9 Å². The smallest absolute Gasteiger partial charge is 0.285 e. The number of benzene rings is 1. The van der Waals surface area contributed by atoms with Crippen LogP contribution in [0.1, 0.15) is 56.1 Å². The highest BCUT2D eigenvalue weighted by molar-refractivity contribution is 6.35. The Kier molecular flexibility index (Phi) is 4.79. The number of primary amides is 1. The van der Waals surface area contributed by atoms with Gasteiger partial charge < -0.3 is 11.1 Å². The van der Waals surface area contributed by atoms with E-state index in [1.54, 1.807) is 12.1 Å². The Morgan fingerprint density at radius 3 is 1.96 bits per heavy atom. The summed E-state index contributed by atoms with van der Waals surface area (Å²) in [5, 5.41) is 3.07. The molecule has 5 heteroatoms. The van der Waals surface area contributed by atoms with Crippen molar-refractivity contribution in [1.29, 1.82) is 0 Å². The number of rotatable bonds is 7. The Hall–Kier alpha value is -2.17. The Morgan fingerprint density at radius 1 is 0.926 bits per heavy atom. The molecule has 4 aliphatic carbocycles. The lowest BCUT2D eigenvalue weighted by Gasteiger charge is -2.56. The number of hydrogen-bond acceptors (Lipinski definition) is 3. The number of Topliss-reactive ketones (excluding diaryl/α,β-unsaturated/α-hetero) is 1. The van der Waals surface area contributed by atoms with Gasteiger partial charge in [0.2, 0.25) is 11.7 Å². The van der Waals surface area contributed by atoms with Crippen LogP contribution in [0.2, 0.25) is 0 Å². The van der Waals surface area contributed by atoms with Crippen molar-refractivity contribution in [3.63, 3.8) is 0 Å². The number of hydrogen-bond donors (Lipinski definition) is 2. The highest BCUT2D eigenvalue weighted by Crippen LogP contribution is 2.61. The van der Waals surface area contributed by atoms with E-state index in [0.717, 1.165) is 28.9 Å². The van der Waals surface area contributed by atoms with Crippen LogP contribution < -0.4 is 11.1 Å². The fourth-order valence-corrected chi connectivity index (χ4v) is 6.16. The van der Waals surface area contributed by atoms with E-state index in [9.17, 15) is 14.4 Å². The van der Waals surface area contributed by atoms with Gasteiger partial charge in [0.05, 0.1) is 0 Å². The third kappa shape index (κ3) is 4.07. The van der Waals surface area contributed by atoms with Crippen LogP contribution in [0.5, 0.6) is 0 Å². The van der Waals surface area contributed by atoms with E-state index in [4.69, 9.17) is 5.73 Å². The van der Waals surface area contributed by atoms with Crippen molar-refractivity contribution in [2.75, 3.05) is 0 Å². The third-order valence-corrected chi connectivity index (χ3v) is 6.85. The van der Waals surface area contributed by atoms with Crippen molar-refractivity contribution in [3.05, 3.63) is 35.4 Å². The average molecular weight is 368 g/mol. The Bertz CT molecular complexity index is 718. The molecule has 2 amide bonds. The number of carbonyl (C=O) groups is 3. The van der Waals surface area contributed by atoms with Gasteiger partial charge in [-0.15, -0.1) is 0 Å². The van der Waals surface area contributed by atoms with E-state index in [1.165, 1.54) is 38.5 Å². The summed E-state index contributed by atoms with van der Waals surface area (Å²) in [6, 6.07) is 7.38. The number of amides is 2.